The summed E-state index contributed by atoms with van der Waals surface area (Å²) in [7, 11) is 1.72. The average Bonchev–Trinajstić information content (AvgIpc) is 2.35. The Morgan fingerprint density at radius 1 is 1.40 bits per heavy atom. The second-order valence-electron chi connectivity index (χ2n) is 5.23. The molecule has 0 radical (unpaired) electrons. The number of benzene rings is 1. The minimum absolute atomic E-state index is 0.0574. The number of hydrogen-bond donors (Lipinski definition) is 2. The lowest BCUT2D eigenvalue weighted by Gasteiger charge is -2.19. The monoisotopic (exact) mass is 278 g/mol. The molecule has 110 valence electrons. The average molecular weight is 278 g/mol. The van der Waals surface area contributed by atoms with Gasteiger partial charge in [-0.25, -0.2) is 4.79 Å². The summed E-state index contributed by atoms with van der Waals surface area (Å²) >= 11 is 0. The van der Waals surface area contributed by atoms with Gasteiger partial charge in [0.25, 0.3) is 0 Å². The molecule has 0 aliphatic rings. The molecular weight excluding hydrogens is 256 g/mol. The number of urea groups is 1. The summed E-state index contributed by atoms with van der Waals surface area (Å²) < 4.78 is 0. The maximum absolute atomic E-state index is 11.9. The van der Waals surface area contributed by atoms with Gasteiger partial charge in [-0.05, 0) is 18.4 Å². The number of carboxylic acid groups (broad SMARTS) is 1. The summed E-state index contributed by atoms with van der Waals surface area (Å²) in [6.45, 7) is 4.70. The molecular formula is C15H22N2O3. The van der Waals surface area contributed by atoms with Crippen LogP contribution in [0, 0.1) is 12.8 Å². The van der Waals surface area contributed by atoms with Crippen molar-refractivity contribution < 1.29 is 14.7 Å². The summed E-state index contributed by atoms with van der Waals surface area (Å²) in [4.78, 5) is 24.0. The van der Waals surface area contributed by atoms with Crippen LogP contribution in [0.1, 0.15) is 24.5 Å². The molecule has 0 aliphatic heterocycles. The highest BCUT2D eigenvalue weighted by molar-refractivity contribution is 5.74. The fourth-order valence-electron chi connectivity index (χ4n) is 1.92. The van der Waals surface area contributed by atoms with Crippen LogP contribution in [-0.4, -0.2) is 35.6 Å². The predicted molar refractivity (Wildman–Crippen MR) is 77.5 cm³/mol. The number of aryl methyl sites for hydroxylation is 1. The Hall–Kier alpha value is -2.04. The van der Waals surface area contributed by atoms with Gasteiger partial charge >= 0.3 is 12.0 Å². The van der Waals surface area contributed by atoms with Crippen LogP contribution in [0.2, 0.25) is 0 Å². The quantitative estimate of drug-likeness (QED) is 0.838. The van der Waals surface area contributed by atoms with E-state index in [2.05, 4.69) is 5.32 Å². The third kappa shape index (κ3) is 5.73. The van der Waals surface area contributed by atoms with Crippen LogP contribution >= 0.6 is 0 Å². The number of carbonyl (C=O) groups is 2. The van der Waals surface area contributed by atoms with E-state index in [0.29, 0.717) is 13.1 Å². The second kappa shape index (κ2) is 7.53. The number of aliphatic carboxylic acids is 1. The zero-order chi connectivity index (χ0) is 15.1. The van der Waals surface area contributed by atoms with E-state index >= 15 is 0 Å². The van der Waals surface area contributed by atoms with E-state index in [9.17, 15) is 9.59 Å². The Labute approximate surface area is 119 Å². The molecule has 1 aromatic carbocycles. The molecule has 0 spiro atoms. The Morgan fingerprint density at radius 2 is 2.10 bits per heavy atom. The van der Waals surface area contributed by atoms with Crippen LogP contribution in [0.15, 0.2) is 24.3 Å². The van der Waals surface area contributed by atoms with Crippen LogP contribution in [0.5, 0.6) is 0 Å². The highest BCUT2D eigenvalue weighted by Crippen LogP contribution is 2.07. The number of nitrogens with one attached hydrogen (secondary N) is 1. The number of rotatable bonds is 6. The van der Waals surface area contributed by atoms with Gasteiger partial charge in [-0.2, -0.15) is 0 Å². The first kappa shape index (κ1) is 16.0. The minimum atomic E-state index is -0.847. The molecule has 1 unspecified atom stereocenters. The van der Waals surface area contributed by atoms with Crippen molar-refractivity contribution in [1.82, 2.24) is 10.2 Å². The van der Waals surface area contributed by atoms with E-state index in [4.69, 9.17) is 5.11 Å². The molecule has 0 saturated heterocycles. The smallest absolute Gasteiger partial charge is 0.317 e. The normalized spacial score (nSPS) is 11.8. The zero-order valence-corrected chi connectivity index (χ0v) is 12.2. The highest BCUT2D eigenvalue weighted by Gasteiger charge is 2.12. The van der Waals surface area contributed by atoms with Crippen molar-refractivity contribution >= 4 is 12.0 Å². The lowest BCUT2D eigenvalue weighted by atomic mass is 10.1. The molecule has 2 N–H and O–H groups in total. The zero-order valence-electron chi connectivity index (χ0n) is 12.2. The van der Waals surface area contributed by atoms with Crippen LogP contribution in [0.4, 0.5) is 4.79 Å². The number of carbonyl (C=O) groups excluding carboxylic acids is 1. The van der Waals surface area contributed by atoms with Crippen molar-refractivity contribution in [2.45, 2.75) is 26.8 Å². The first-order valence-electron chi connectivity index (χ1n) is 6.64. The summed E-state index contributed by atoms with van der Waals surface area (Å²) in [5.41, 5.74) is 2.23. The molecule has 0 fully saturated rings. The van der Waals surface area contributed by atoms with Crippen molar-refractivity contribution in [2.24, 2.45) is 5.92 Å². The summed E-state index contributed by atoms with van der Waals surface area (Å²) in [6.07, 6.45) is 0.0574. The standard InChI is InChI=1S/C15H22N2O3/c1-11-5-4-6-13(7-11)10-17(3)15(20)16-9-12(2)8-14(18)19/h4-7,12H,8-10H2,1-3H3,(H,16,20)(H,18,19). The third-order valence-corrected chi connectivity index (χ3v) is 2.97. The Balaban J connectivity index is 2.41. The number of amides is 2. The fraction of sp³-hybridized carbons (Fsp3) is 0.467. The molecule has 1 atom stereocenters. The molecule has 5 heteroatoms. The summed E-state index contributed by atoms with van der Waals surface area (Å²) in [5.74, 6) is -0.927. The maximum atomic E-state index is 11.9. The maximum Gasteiger partial charge on any atom is 0.317 e. The number of hydrogen-bond acceptors (Lipinski definition) is 2. The van der Waals surface area contributed by atoms with E-state index in [1.807, 2.05) is 31.2 Å². The molecule has 1 rings (SSSR count). The van der Waals surface area contributed by atoms with Crippen molar-refractivity contribution in [3.63, 3.8) is 0 Å². The van der Waals surface area contributed by atoms with Crippen LogP contribution in [-0.2, 0) is 11.3 Å². The Kier molecular flexibility index (Phi) is 6.03. The van der Waals surface area contributed by atoms with E-state index < -0.39 is 5.97 Å². The minimum Gasteiger partial charge on any atom is -0.481 e. The van der Waals surface area contributed by atoms with Gasteiger partial charge in [-0.1, -0.05) is 36.8 Å². The van der Waals surface area contributed by atoms with Crippen LogP contribution in [0.3, 0.4) is 0 Å². The third-order valence-electron chi connectivity index (χ3n) is 2.97. The summed E-state index contributed by atoms with van der Waals surface area (Å²) in [6, 6.07) is 7.80. The largest absolute Gasteiger partial charge is 0.481 e. The molecule has 0 aliphatic carbocycles. The Morgan fingerprint density at radius 3 is 2.70 bits per heavy atom. The van der Waals surface area contributed by atoms with Gasteiger partial charge in [-0.15, -0.1) is 0 Å². The fourth-order valence-corrected chi connectivity index (χ4v) is 1.92. The topological polar surface area (TPSA) is 69.6 Å². The van der Waals surface area contributed by atoms with Gasteiger partial charge in [0.2, 0.25) is 0 Å². The summed E-state index contributed by atoms with van der Waals surface area (Å²) in [5, 5.41) is 11.4. The Bertz CT molecular complexity index is 474. The molecule has 20 heavy (non-hydrogen) atoms. The number of nitrogens with zero attached hydrogens (tertiary/aromatic N) is 1. The molecule has 0 heterocycles. The van der Waals surface area contributed by atoms with Crippen LogP contribution in [0.25, 0.3) is 0 Å². The first-order chi connectivity index (χ1) is 9.38. The molecule has 1 aromatic rings. The molecule has 5 nitrogen and oxygen atoms in total. The number of carboxylic acids is 1. The van der Waals surface area contributed by atoms with Crippen molar-refractivity contribution in [3.05, 3.63) is 35.4 Å². The van der Waals surface area contributed by atoms with Crippen molar-refractivity contribution in [1.29, 1.82) is 0 Å². The molecule has 0 saturated carbocycles. The predicted octanol–water partition coefficient (Wildman–Crippen LogP) is 2.25. The molecule has 0 aromatic heterocycles. The van der Waals surface area contributed by atoms with Gasteiger partial charge in [0, 0.05) is 26.6 Å². The lowest BCUT2D eigenvalue weighted by molar-refractivity contribution is -0.137. The van der Waals surface area contributed by atoms with E-state index in [0.717, 1.165) is 11.1 Å². The van der Waals surface area contributed by atoms with Crippen molar-refractivity contribution in [3.8, 4) is 0 Å². The molecule has 2 amide bonds. The van der Waals surface area contributed by atoms with Gasteiger partial charge in [-0.3, -0.25) is 4.79 Å². The van der Waals surface area contributed by atoms with Gasteiger partial charge < -0.3 is 15.3 Å². The van der Waals surface area contributed by atoms with Gasteiger partial charge in [0.15, 0.2) is 0 Å². The highest BCUT2D eigenvalue weighted by atomic mass is 16.4. The lowest BCUT2D eigenvalue weighted by Crippen LogP contribution is -2.39. The SMILES string of the molecule is Cc1cccc(CN(C)C(=O)NCC(C)CC(=O)O)c1. The van der Waals surface area contributed by atoms with E-state index in [1.54, 1.807) is 18.9 Å². The van der Waals surface area contributed by atoms with E-state index in [1.165, 1.54) is 0 Å². The van der Waals surface area contributed by atoms with Crippen LogP contribution < -0.4 is 5.32 Å². The first-order valence-corrected chi connectivity index (χ1v) is 6.64. The van der Waals surface area contributed by atoms with Gasteiger partial charge in [0.1, 0.15) is 0 Å². The van der Waals surface area contributed by atoms with Crippen molar-refractivity contribution in [2.75, 3.05) is 13.6 Å². The van der Waals surface area contributed by atoms with Gasteiger partial charge in [0.05, 0.1) is 0 Å². The second-order valence-corrected chi connectivity index (χ2v) is 5.23. The van der Waals surface area contributed by atoms with E-state index in [-0.39, 0.29) is 18.4 Å². The molecule has 0 bridgehead atoms.